The molecule has 0 fully saturated rings. The number of aromatic nitrogens is 1. The number of ether oxygens (including phenoxy) is 1. The largest absolute Gasteiger partial charge is 0.395 e. The summed E-state index contributed by atoms with van der Waals surface area (Å²) in [7, 11) is 1.68. The first-order valence-electron chi connectivity index (χ1n) is 7.27. The van der Waals surface area contributed by atoms with Crippen molar-refractivity contribution in [2.45, 2.75) is 26.3 Å². The highest BCUT2D eigenvalue weighted by molar-refractivity contribution is 5.44. The van der Waals surface area contributed by atoms with Crippen molar-refractivity contribution < 1.29 is 9.84 Å². The zero-order valence-corrected chi connectivity index (χ0v) is 12.8. The molecule has 5 heteroatoms. The van der Waals surface area contributed by atoms with Crippen LogP contribution in [0, 0.1) is 0 Å². The Bertz CT molecular complexity index is 357. The van der Waals surface area contributed by atoms with E-state index in [0.717, 1.165) is 30.9 Å². The number of methoxy groups -OCH3 is 1. The van der Waals surface area contributed by atoms with Crippen LogP contribution in [0.5, 0.6) is 0 Å². The summed E-state index contributed by atoms with van der Waals surface area (Å²) in [6, 6.07) is 4.35. The molecule has 114 valence electrons. The molecule has 0 aliphatic carbocycles. The summed E-state index contributed by atoms with van der Waals surface area (Å²) in [4.78, 5) is 6.59. The molecule has 1 rings (SSSR count). The molecule has 0 saturated carbocycles. The number of aliphatic hydroxyl groups excluding tert-OH is 1. The van der Waals surface area contributed by atoms with Gasteiger partial charge in [0, 0.05) is 26.2 Å². The smallest absolute Gasteiger partial charge is 0.0637 e. The Balaban J connectivity index is 2.66. The molecule has 1 aromatic heterocycles. The highest BCUT2D eigenvalue weighted by atomic mass is 16.5. The van der Waals surface area contributed by atoms with Crippen LogP contribution >= 0.6 is 0 Å². The Hall–Kier alpha value is -1.17. The predicted molar refractivity (Wildman–Crippen MR) is 82.1 cm³/mol. The van der Waals surface area contributed by atoms with Gasteiger partial charge in [0.1, 0.15) is 0 Å². The van der Waals surface area contributed by atoms with Crippen molar-refractivity contribution in [2.24, 2.45) is 0 Å². The number of hydrogen-bond acceptors (Lipinski definition) is 5. The molecule has 1 heterocycles. The summed E-state index contributed by atoms with van der Waals surface area (Å²) >= 11 is 0. The lowest BCUT2D eigenvalue weighted by molar-refractivity contribution is 0.203. The summed E-state index contributed by atoms with van der Waals surface area (Å²) < 4.78 is 5.09. The zero-order valence-electron chi connectivity index (χ0n) is 12.8. The van der Waals surface area contributed by atoms with Crippen LogP contribution in [0.25, 0.3) is 0 Å². The van der Waals surface area contributed by atoms with Crippen molar-refractivity contribution in [1.82, 2.24) is 10.3 Å². The Kier molecular flexibility index (Phi) is 8.18. The topological polar surface area (TPSA) is 57.6 Å². The fourth-order valence-corrected chi connectivity index (χ4v) is 2.00. The van der Waals surface area contributed by atoms with Gasteiger partial charge in [-0.3, -0.25) is 4.98 Å². The van der Waals surface area contributed by atoms with Crippen LogP contribution in [0.2, 0.25) is 0 Å². The molecule has 1 unspecified atom stereocenters. The molecule has 0 amide bonds. The maximum atomic E-state index is 9.12. The molecular weight excluding hydrogens is 254 g/mol. The van der Waals surface area contributed by atoms with Crippen molar-refractivity contribution in [2.75, 3.05) is 44.9 Å². The van der Waals surface area contributed by atoms with Gasteiger partial charge in [-0.2, -0.15) is 0 Å². The molecule has 0 saturated heterocycles. The van der Waals surface area contributed by atoms with E-state index in [-0.39, 0.29) is 12.6 Å². The van der Waals surface area contributed by atoms with Crippen molar-refractivity contribution >= 4 is 5.69 Å². The van der Waals surface area contributed by atoms with Gasteiger partial charge in [0.05, 0.1) is 30.8 Å². The molecular formula is C15H27N3O2. The van der Waals surface area contributed by atoms with Gasteiger partial charge in [0.15, 0.2) is 0 Å². The molecule has 2 N–H and O–H groups in total. The lowest BCUT2D eigenvalue weighted by Crippen LogP contribution is -2.30. The Labute approximate surface area is 122 Å². The van der Waals surface area contributed by atoms with Crippen molar-refractivity contribution in [3.63, 3.8) is 0 Å². The average molecular weight is 281 g/mol. The Morgan fingerprint density at radius 2 is 2.20 bits per heavy atom. The molecule has 0 spiro atoms. The quantitative estimate of drug-likeness (QED) is 0.682. The normalized spacial score (nSPS) is 12.4. The van der Waals surface area contributed by atoms with Crippen LogP contribution in [0.15, 0.2) is 18.3 Å². The molecule has 0 radical (unpaired) electrons. The van der Waals surface area contributed by atoms with Gasteiger partial charge >= 0.3 is 0 Å². The van der Waals surface area contributed by atoms with Gasteiger partial charge in [-0.1, -0.05) is 6.92 Å². The lowest BCUT2D eigenvalue weighted by Gasteiger charge is -2.23. The van der Waals surface area contributed by atoms with Crippen LogP contribution in [-0.2, 0) is 4.74 Å². The van der Waals surface area contributed by atoms with Gasteiger partial charge in [-0.05, 0) is 32.0 Å². The van der Waals surface area contributed by atoms with Crippen molar-refractivity contribution in [3.8, 4) is 0 Å². The second-order valence-corrected chi connectivity index (χ2v) is 4.82. The van der Waals surface area contributed by atoms with Crippen LogP contribution in [0.3, 0.4) is 0 Å². The minimum Gasteiger partial charge on any atom is -0.395 e. The van der Waals surface area contributed by atoms with E-state index >= 15 is 0 Å². The highest BCUT2D eigenvalue weighted by Crippen LogP contribution is 2.16. The number of aliphatic hydroxyl groups is 1. The number of anilines is 1. The fraction of sp³-hybridized carbons (Fsp3) is 0.667. The number of nitrogens with zero attached hydrogens (tertiary/aromatic N) is 2. The molecule has 0 aliphatic rings. The maximum absolute atomic E-state index is 9.12. The van der Waals surface area contributed by atoms with Gasteiger partial charge in [0.25, 0.3) is 0 Å². The molecule has 20 heavy (non-hydrogen) atoms. The number of rotatable bonds is 10. The summed E-state index contributed by atoms with van der Waals surface area (Å²) in [5.41, 5.74) is 2.06. The van der Waals surface area contributed by atoms with E-state index in [9.17, 15) is 0 Å². The third-order valence-electron chi connectivity index (χ3n) is 3.22. The molecule has 0 aliphatic heterocycles. The summed E-state index contributed by atoms with van der Waals surface area (Å²) in [5.74, 6) is 0. The minimum atomic E-state index is 0.125. The SMILES string of the molecule is CCCNC(C)c1ccc(N(CCO)CCOC)cn1. The van der Waals surface area contributed by atoms with Crippen molar-refractivity contribution in [3.05, 3.63) is 24.0 Å². The van der Waals surface area contributed by atoms with Gasteiger partial charge < -0.3 is 20.1 Å². The van der Waals surface area contributed by atoms with Crippen LogP contribution < -0.4 is 10.2 Å². The summed E-state index contributed by atoms with van der Waals surface area (Å²) in [6.45, 7) is 7.37. The van der Waals surface area contributed by atoms with Crippen LogP contribution in [0.4, 0.5) is 5.69 Å². The fourth-order valence-electron chi connectivity index (χ4n) is 2.00. The molecule has 0 bridgehead atoms. The molecule has 1 aromatic rings. The number of hydrogen-bond donors (Lipinski definition) is 2. The third-order valence-corrected chi connectivity index (χ3v) is 3.22. The predicted octanol–water partition coefficient (Wildman–Crippen LogP) is 1.59. The first kappa shape index (κ1) is 16.9. The van der Waals surface area contributed by atoms with E-state index in [0.29, 0.717) is 13.2 Å². The first-order chi connectivity index (χ1) is 9.72. The molecule has 1 atom stereocenters. The van der Waals surface area contributed by atoms with E-state index < -0.39 is 0 Å². The molecule has 5 nitrogen and oxygen atoms in total. The monoisotopic (exact) mass is 281 g/mol. The van der Waals surface area contributed by atoms with Crippen molar-refractivity contribution in [1.29, 1.82) is 0 Å². The zero-order chi connectivity index (χ0) is 14.8. The number of nitrogens with one attached hydrogen (secondary N) is 1. The van der Waals surface area contributed by atoms with Gasteiger partial charge in [-0.25, -0.2) is 0 Å². The second-order valence-electron chi connectivity index (χ2n) is 4.82. The van der Waals surface area contributed by atoms with Gasteiger partial charge in [0.2, 0.25) is 0 Å². The first-order valence-corrected chi connectivity index (χ1v) is 7.27. The number of pyridine rings is 1. The second kappa shape index (κ2) is 9.69. The van der Waals surface area contributed by atoms with E-state index in [1.54, 1.807) is 7.11 Å². The third kappa shape index (κ3) is 5.45. The maximum Gasteiger partial charge on any atom is 0.0637 e. The van der Waals surface area contributed by atoms with Crippen LogP contribution in [-0.4, -0.2) is 50.0 Å². The van der Waals surface area contributed by atoms with E-state index in [4.69, 9.17) is 9.84 Å². The average Bonchev–Trinajstić information content (AvgIpc) is 2.49. The Morgan fingerprint density at radius 1 is 1.40 bits per heavy atom. The summed E-state index contributed by atoms with van der Waals surface area (Å²) in [6.07, 6.45) is 2.98. The summed E-state index contributed by atoms with van der Waals surface area (Å²) in [5, 5.41) is 12.5. The minimum absolute atomic E-state index is 0.125. The van der Waals surface area contributed by atoms with E-state index in [1.165, 1.54) is 0 Å². The van der Waals surface area contributed by atoms with E-state index in [2.05, 4.69) is 35.1 Å². The molecule has 0 aromatic carbocycles. The highest BCUT2D eigenvalue weighted by Gasteiger charge is 2.09. The van der Waals surface area contributed by atoms with Gasteiger partial charge in [-0.15, -0.1) is 0 Å². The standard InChI is InChI=1S/C15H27N3O2/c1-4-7-16-13(2)15-6-5-14(12-17-15)18(8-10-19)9-11-20-3/h5-6,12-13,16,19H,4,7-11H2,1-3H3. The van der Waals surface area contributed by atoms with Crippen LogP contribution in [0.1, 0.15) is 32.0 Å². The van der Waals surface area contributed by atoms with E-state index in [1.807, 2.05) is 12.3 Å². The lowest BCUT2D eigenvalue weighted by atomic mass is 10.2. The Morgan fingerprint density at radius 3 is 2.75 bits per heavy atom.